The molecule has 3 aliphatic heterocycles. The van der Waals surface area contributed by atoms with Crippen molar-refractivity contribution in [3.63, 3.8) is 0 Å². The Bertz CT molecular complexity index is 1040. The Hall–Kier alpha value is -1.34. The molecule has 322 valence electrons. The van der Waals surface area contributed by atoms with Crippen molar-refractivity contribution in [2.24, 2.45) is 0 Å². The molecule has 0 radical (unpaired) electrons. The van der Waals surface area contributed by atoms with Crippen molar-refractivity contribution in [2.75, 3.05) is 41.2 Å². The Morgan fingerprint density at radius 2 is 1.28 bits per heavy atom. The lowest BCUT2D eigenvalue weighted by Gasteiger charge is -2.48. The van der Waals surface area contributed by atoms with Crippen LogP contribution in [0.15, 0.2) is 0 Å². The summed E-state index contributed by atoms with van der Waals surface area (Å²) >= 11 is 0. The number of esters is 1. The summed E-state index contributed by atoms with van der Waals surface area (Å²) in [6.45, 7) is 24.1. The topological polar surface area (TPSA) is 198 Å². The zero-order valence-corrected chi connectivity index (χ0v) is 36.0. The van der Waals surface area contributed by atoms with E-state index in [9.17, 15) is 30.0 Å². The fourth-order valence-electron chi connectivity index (χ4n) is 6.11. The molecule has 0 bridgehead atoms. The molecule has 54 heavy (non-hydrogen) atoms. The molecule has 3 fully saturated rings. The lowest BCUT2D eigenvalue weighted by molar-refractivity contribution is -0.289. The summed E-state index contributed by atoms with van der Waals surface area (Å²) in [5.41, 5.74) is -3.98. The number of aliphatic hydroxyl groups is 4. The summed E-state index contributed by atoms with van der Waals surface area (Å²) in [5.74, 6) is -0.743. The fourth-order valence-corrected chi connectivity index (χ4v) is 6.11. The van der Waals surface area contributed by atoms with Crippen LogP contribution < -0.4 is 0 Å². The second kappa shape index (κ2) is 23.8. The zero-order chi connectivity index (χ0) is 42.2. The molecule has 3 heterocycles. The third kappa shape index (κ3) is 15.5. The monoisotopic (exact) mass is 785 g/mol. The van der Waals surface area contributed by atoms with E-state index < -0.39 is 89.4 Å². The number of carbonyl (C=O) groups excluding carboxylic acids is 2. The van der Waals surface area contributed by atoms with Crippen LogP contribution in [0.2, 0.25) is 0 Å². The number of methoxy groups -OCH3 is 2. The quantitative estimate of drug-likeness (QED) is 0.148. The van der Waals surface area contributed by atoms with E-state index in [1.165, 1.54) is 7.11 Å². The van der Waals surface area contributed by atoms with Gasteiger partial charge in [0.25, 0.3) is 0 Å². The predicted molar refractivity (Wildman–Crippen MR) is 202 cm³/mol. The van der Waals surface area contributed by atoms with Crippen molar-refractivity contribution in [1.29, 1.82) is 0 Å². The first kappa shape index (κ1) is 52.7. The smallest absolute Gasteiger partial charge is 0.338 e. The molecule has 0 aromatic carbocycles. The highest BCUT2D eigenvalue weighted by Gasteiger charge is 2.55. The SMILES string of the molecule is CC.CC.COC.COC(C)(C)C1OC(C=O)[C@@H](OC(C)(C)CCOC(C)(C)C2OC(C(=O)OCC3CCCO3)[C@@H](OC(C)(C)C)C(O)C2O)C(O)C1O. The van der Waals surface area contributed by atoms with Crippen LogP contribution in [0.4, 0.5) is 0 Å². The third-order valence-electron chi connectivity index (χ3n) is 9.03. The van der Waals surface area contributed by atoms with Crippen LogP contribution in [-0.2, 0) is 52.2 Å². The van der Waals surface area contributed by atoms with E-state index in [1.807, 2.05) is 27.7 Å². The van der Waals surface area contributed by atoms with Crippen molar-refractivity contribution in [2.45, 2.75) is 199 Å². The normalized spacial score (nSPS) is 31.8. The first-order chi connectivity index (χ1) is 25.1. The van der Waals surface area contributed by atoms with Crippen molar-refractivity contribution in [3.8, 4) is 0 Å². The van der Waals surface area contributed by atoms with Gasteiger partial charge in [-0.1, -0.05) is 27.7 Å². The van der Waals surface area contributed by atoms with Gasteiger partial charge in [-0.3, -0.25) is 0 Å². The van der Waals surface area contributed by atoms with E-state index in [4.69, 9.17) is 37.9 Å². The van der Waals surface area contributed by atoms with Gasteiger partial charge < -0.3 is 67.9 Å². The molecule has 0 saturated carbocycles. The molecule has 0 aromatic rings. The number of aliphatic hydroxyl groups excluding tert-OH is 4. The molecular weight excluding hydrogens is 708 g/mol. The van der Waals surface area contributed by atoms with Crippen LogP contribution >= 0.6 is 0 Å². The molecule has 11 atom stereocenters. The van der Waals surface area contributed by atoms with Crippen LogP contribution in [0.3, 0.4) is 0 Å². The number of hydrogen-bond donors (Lipinski definition) is 4. The highest BCUT2D eigenvalue weighted by atomic mass is 16.6. The van der Waals surface area contributed by atoms with Crippen molar-refractivity contribution < 1.29 is 72.6 Å². The Balaban J connectivity index is 0.00000375. The number of ether oxygens (including phenoxy) is 9. The van der Waals surface area contributed by atoms with Gasteiger partial charge >= 0.3 is 5.97 Å². The van der Waals surface area contributed by atoms with Crippen LogP contribution in [0.1, 0.15) is 109 Å². The third-order valence-corrected chi connectivity index (χ3v) is 9.03. The maximum absolute atomic E-state index is 13.3. The number of hydrogen-bond acceptors (Lipinski definition) is 15. The van der Waals surface area contributed by atoms with E-state index in [0.717, 1.165) is 12.8 Å². The Labute approximate surface area is 324 Å². The maximum atomic E-state index is 13.3. The predicted octanol–water partition coefficient (Wildman–Crippen LogP) is 3.16. The summed E-state index contributed by atoms with van der Waals surface area (Å²) in [4.78, 5) is 25.3. The Morgan fingerprint density at radius 3 is 1.74 bits per heavy atom. The van der Waals surface area contributed by atoms with E-state index in [2.05, 4.69) is 4.74 Å². The van der Waals surface area contributed by atoms with Crippen molar-refractivity contribution in [1.82, 2.24) is 0 Å². The molecule has 15 nitrogen and oxygen atoms in total. The van der Waals surface area contributed by atoms with Gasteiger partial charge in [-0.25, -0.2) is 4.79 Å². The van der Waals surface area contributed by atoms with E-state index in [-0.39, 0.29) is 25.7 Å². The maximum Gasteiger partial charge on any atom is 0.338 e. The minimum Gasteiger partial charge on any atom is -0.461 e. The first-order valence-electron chi connectivity index (χ1n) is 19.3. The number of carbonyl (C=O) groups is 2. The van der Waals surface area contributed by atoms with Crippen molar-refractivity contribution >= 4 is 12.3 Å². The summed E-state index contributed by atoms with van der Waals surface area (Å²) in [5, 5.41) is 44.1. The summed E-state index contributed by atoms with van der Waals surface area (Å²) < 4.78 is 51.0. The van der Waals surface area contributed by atoms with Crippen LogP contribution in [0.5, 0.6) is 0 Å². The molecule has 0 aliphatic carbocycles. The van der Waals surface area contributed by atoms with Crippen LogP contribution in [0.25, 0.3) is 0 Å². The summed E-state index contributed by atoms with van der Waals surface area (Å²) in [7, 11) is 4.69. The van der Waals surface area contributed by atoms with Crippen molar-refractivity contribution in [3.05, 3.63) is 0 Å². The molecule has 9 unspecified atom stereocenters. The average Bonchev–Trinajstić information content (AvgIpc) is 3.63. The highest BCUT2D eigenvalue weighted by Crippen LogP contribution is 2.36. The van der Waals surface area contributed by atoms with Gasteiger partial charge in [0.15, 0.2) is 12.4 Å². The molecule has 3 saturated heterocycles. The average molecular weight is 785 g/mol. The molecule has 15 heteroatoms. The van der Waals surface area contributed by atoms with Crippen LogP contribution in [0, 0.1) is 0 Å². The standard InChI is InChI=1S/C33H58O14.C2H6O.2C2H6/c1-30(2,3)46-25-21(36)23(38)28(45-26(25)29(39)42-17-18-12-11-14-41-18)33(8,9)43-15-13-31(4,5)47-24-19(16-34)44-27(22(37)20(24)35)32(6,7)40-10;1-3-2;2*1-2/h16,18-28,35-38H,11-15,17H2,1-10H3;1-2H3;2*1-2H3/t18?,19?,20?,21?,22?,23?,24-,25+,26?,27?,28?;;;/m1.../s1. The second-order valence-electron chi connectivity index (χ2n) is 15.8. The summed E-state index contributed by atoms with van der Waals surface area (Å²) in [6.07, 6.45) is -10.7. The minimum atomic E-state index is -1.50. The van der Waals surface area contributed by atoms with Gasteiger partial charge in [0, 0.05) is 27.9 Å². The Morgan fingerprint density at radius 1 is 0.759 bits per heavy atom. The zero-order valence-electron chi connectivity index (χ0n) is 36.0. The summed E-state index contributed by atoms with van der Waals surface area (Å²) in [6, 6.07) is 0. The number of aldehydes is 1. The van der Waals surface area contributed by atoms with Gasteiger partial charge in [0.1, 0.15) is 61.5 Å². The van der Waals surface area contributed by atoms with Gasteiger partial charge in [-0.15, -0.1) is 0 Å². The molecule has 3 aliphatic rings. The fraction of sp³-hybridized carbons (Fsp3) is 0.949. The second-order valence-corrected chi connectivity index (χ2v) is 15.8. The van der Waals surface area contributed by atoms with Gasteiger partial charge in [-0.2, -0.15) is 0 Å². The lowest BCUT2D eigenvalue weighted by atomic mass is 9.86. The lowest BCUT2D eigenvalue weighted by Crippen LogP contribution is -2.66. The molecular formula is C39H76O15. The van der Waals surface area contributed by atoms with E-state index in [0.29, 0.717) is 12.9 Å². The minimum absolute atomic E-state index is 0.0345. The van der Waals surface area contributed by atoms with Gasteiger partial charge in [-0.05, 0) is 81.6 Å². The molecule has 4 N–H and O–H groups in total. The molecule has 0 amide bonds. The Kier molecular flexibility index (Phi) is 23.2. The number of rotatable bonds is 14. The van der Waals surface area contributed by atoms with Crippen LogP contribution in [-0.4, -0.2) is 163 Å². The van der Waals surface area contributed by atoms with Gasteiger partial charge in [0.2, 0.25) is 0 Å². The highest BCUT2D eigenvalue weighted by molar-refractivity contribution is 5.76. The van der Waals surface area contributed by atoms with Gasteiger partial charge in [0.05, 0.1) is 35.1 Å². The van der Waals surface area contributed by atoms with E-state index in [1.54, 1.807) is 76.5 Å². The first-order valence-corrected chi connectivity index (χ1v) is 19.3. The molecule has 0 aromatic heterocycles. The molecule has 3 rings (SSSR count). The largest absolute Gasteiger partial charge is 0.461 e. The molecule has 0 spiro atoms. The van der Waals surface area contributed by atoms with E-state index >= 15 is 0 Å².